The van der Waals surface area contributed by atoms with Crippen LogP contribution in [0.5, 0.6) is 0 Å². The van der Waals surface area contributed by atoms with Gasteiger partial charge in [0.25, 0.3) is 0 Å². The Bertz CT molecular complexity index is 616. The molecule has 4 N–H and O–H groups in total. The molecule has 0 aromatic heterocycles. The van der Waals surface area contributed by atoms with Crippen LogP contribution in [0.3, 0.4) is 0 Å². The topological polar surface area (TPSA) is 126 Å². The lowest BCUT2D eigenvalue weighted by Crippen LogP contribution is -2.51. The molecule has 0 spiro atoms. The second-order valence-corrected chi connectivity index (χ2v) is 9.17. The maximum absolute atomic E-state index is 12.9. The lowest BCUT2D eigenvalue weighted by atomic mass is 9.90. The van der Waals surface area contributed by atoms with E-state index >= 15 is 0 Å². The largest absolute Gasteiger partial charge is 0.378 e. The van der Waals surface area contributed by atoms with Gasteiger partial charge in [-0.2, -0.15) is 0 Å². The minimum absolute atomic E-state index is 0.0809. The normalized spacial score (nSPS) is 32.6. The zero-order valence-electron chi connectivity index (χ0n) is 17.8. The summed E-state index contributed by atoms with van der Waals surface area (Å²) in [7, 11) is 0. The van der Waals surface area contributed by atoms with Crippen molar-refractivity contribution in [2.24, 2.45) is 23.7 Å². The molecule has 170 valence electrons. The number of nitrogens with one attached hydrogen (secondary N) is 3. The van der Waals surface area contributed by atoms with E-state index in [1.54, 1.807) is 0 Å². The second-order valence-electron chi connectivity index (χ2n) is 9.17. The van der Waals surface area contributed by atoms with Crippen LogP contribution in [0.4, 0.5) is 0 Å². The average Bonchev–Trinajstić information content (AvgIpc) is 3.40. The van der Waals surface area contributed by atoms with Gasteiger partial charge in [-0.15, -0.1) is 0 Å². The Morgan fingerprint density at radius 2 is 2.00 bits per heavy atom. The summed E-state index contributed by atoms with van der Waals surface area (Å²) in [6.07, 6.45) is 2.63. The number of carbonyl (C=O) groups excluding carboxylic acids is 3. The molecule has 0 saturated carbocycles. The zero-order valence-corrected chi connectivity index (χ0v) is 17.8. The molecule has 0 aromatic rings. The van der Waals surface area contributed by atoms with E-state index in [2.05, 4.69) is 16.0 Å². The molecular weight excluding hydrogens is 390 g/mol. The van der Waals surface area contributed by atoms with Crippen molar-refractivity contribution in [2.45, 2.75) is 70.6 Å². The Morgan fingerprint density at radius 3 is 2.67 bits per heavy atom. The number of aldehydes is 1. The van der Waals surface area contributed by atoms with E-state index in [9.17, 15) is 19.5 Å². The summed E-state index contributed by atoms with van der Waals surface area (Å²) in [5, 5.41) is 18.4. The first-order valence-electron chi connectivity index (χ1n) is 11.1. The highest BCUT2D eigenvalue weighted by atomic mass is 16.7. The van der Waals surface area contributed by atoms with Crippen molar-refractivity contribution in [1.29, 1.82) is 0 Å². The molecule has 0 aliphatic carbocycles. The minimum Gasteiger partial charge on any atom is -0.378 e. The number of amides is 2. The van der Waals surface area contributed by atoms with E-state index in [-0.39, 0.29) is 41.8 Å². The molecule has 0 radical (unpaired) electrons. The number of aliphatic hydroxyl groups is 1. The van der Waals surface area contributed by atoms with Crippen molar-refractivity contribution in [1.82, 2.24) is 16.0 Å². The van der Waals surface area contributed by atoms with Gasteiger partial charge in [-0.25, -0.2) is 0 Å². The quantitative estimate of drug-likeness (QED) is 0.361. The van der Waals surface area contributed by atoms with Crippen LogP contribution >= 0.6 is 0 Å². The fourth-order valence-electron chi connectivity index (χ4n) is 4.70. The third kappa shape index (κ3) is 6.00. The minimum atomic E-state index is -0.704. The van der Waals surface area contributed by atoms with Gasteiger partial charge in [-0.05, 0) is 44.1 Å². The first-order chi connectivity index (χ1) is 14.4. The molecule has 3 aliphatic rings. The number of hydrogen-bond donors (Lipinski definition) is 4. The summed E-state index contributed by atoms with van der Waals surface area (Å²) in [5.41, 5.74) is 0. The van der Waals surface area contributed by atoms with Gasteiger partial charge in [0, 0.05) is 18.3 Å². The van der Waals surface area contributed by atoms with Crippen molar-refractivity contribution in [3.8, 4) is 0 Å². The third-order valence-corrected chi connectivity index (χ3v) is 6.33. The smallest absolute Gasteiger partial charge is 0.243 e. The molecule has 9 nitrogen and oxygen atoms in total. The van der Waals surface area contributed by atoms with E-state index < -0.39 is 18.3 Å². The first-order valence-corrected chi connectivity index (χ1v) is 11.1. The number of carbonyl (C=O) groups is 3. The van der Waals surface area contributed by atoms with Crippen LogP contribution in [-0.4, -0.2) is 67.6 Å². The van der Waals surface area contributed by atoms with Gasteiger partial charge in [-0.1, -0.05) is 13.8 Å². The molecule has 3 heterocycles. The van der Waals surface area contributed by atoms with Crippen LogP contribution in [0.1, 0.15) is 46.0 Å². The standard InChI is InChI=1S/C21H35N3O6/c1-12(2)7-17(20(28)23-15(10-25)8-13-3-5-22-19(13)27)24-18(26)9-14-11-30-21-16(14)4-6-29-21/h10,12-17,19,21-22,27H,3-9,11H2,1-2H3,(H,23,28)(H,24,26)/t13-,14+,15-,16+,17-,19?,21-/m0/s1. The van der Waals surface area contributed by atoms with Gasteiger partial charge in [0.05, 0.1) is 19.3 Å². The number of hydrogen-bond acceptors (Lipinski definition) is 7. The molecule has 30 heavy (non-hydrogen) atoms. The molecule has 3 aliphatic heterocycles. The van der Waals surface area contributed by atoms with Crippen LogP contribution in [0.2, 0.25) is 0 Å². The molecule has 3 rings (SSSR count). The summed E-state index contributed by atoms with van der Waals surface area (Å²) in [4.78, 5) is 37.0. The SMILES string of the molecule is CC(C)C[C@H](NC(=O)C[C@@H]1CO[C@@H]2OCC[C@H]12)C(=O)N[C@H](C=O)C[C@@H]1CCNC1O. The zero-order chi connectivity index (χ0) is 21.7. The van der Waals surface area contributed by atoms with E-state index in [1.807, 2.05) is 13.8 Å². The van der Waals surface area contributed by atoms with Gasteiger partial charge in [-0.3, -0.25) is 14.9 Å². The molecule has 1 unspecified atom stereocenters. The number of rotatable bonds is 10. The first kappa shape index (κ1) is 23.1. The van der Waals surface area contributed by atoms with Gasteiger partial charge in [0.15, 0.2) is 6.29 Å². The predicted octanol–water partition coefficient (Wildman–Crippen LogP) is -0.0819. The lowest BCUT2D eigenvalue weighted by Gasteiger charge is -2.25. The highest BCUT2D eigenvalue weighted by molar-refractivity contribution is 5.89. The monoisotopic (exact) mass is 425 g/mol. The van der Waals surface area contributed by atoms with E-state index in [1.165, 1.54) is 0 Å². The summed E-state index contributed by atoms with van der Waals surface area (Å²) in [6.45, 7) is 5.80. The molecular formula is C21H35N3O6. The summed E-state index contributed by atoms with van der Waals surface area (Å²) in [5.74, 6) is -0.102. The number of aliphatic hydroxyl groups excluding tert-OH is 1. The Hall–Kier alpha value is -1.55. The average molecular weight is 426 g/mol. The molecule has 3 fully saturated rings. The number of ether oxygens (including phenoxy) is 2. The Morgan fingerprint density at radius 1 is 1.20 bits per heavy atom. The Kier molecular flexibility index (Phi) is 8.21. The molecule has 3 saturated heterocycles. The Labute approximate surface area is 177 Å². The third-order valence-electron chi connectivity index (χ3n) is 6.33. The Balaban J connectivity index is 1.53. The molecule has 9 heteroatoms. The van der Waals surface area contributed by atoms with Crippen molar-refractivity contribution >= 4 is 18.1 Å². The fourth-order valence-corrected chi connectivity index (χ4v) is 4.70. The van der Waals surface area contributed by atoms with Gasteiger partial charge in [0.1, 0.15) is 18.6 Å². The van der Waals surface area contributed by atoms with E-state index in [4.69, 9.17) is 9.47 Å². The maximum Gasteiger partial charge on any atom is 0.243 e. The van der Waals surface area contributed by atoms with Crippen LogP contribution in [0.25, 0.3) is 0 Å². The summed E-state index contributed by atoms with van der Waals surface area (Å²) < 4.78 is 11.1. The van der Waals surface area contributed by atoms with E-state index in [0.29, 0.717) is 45.3 Å². The second kappa shape index (κ2) is 10.7. The van der Waals surface area contributed by atoms with Crippen LogP contribution in [0, 0.1) is 23.7 Å². The van der Waals surface area contributed by atoms with Gasteiger partial charge < -0.3 is 30.0 Å². The van der Waals surface area contributed by atoms with Crippen LogP contribution in [-0.2, 0) is 23.9 Å². The molecule has 2 amide bonds. The van der Waals surface area contributed by atoms with Crippen LogP contribution < -0.4 is 16.0 Å². The van der Waals surface area contributed by atoms with Crippen molar-refractivity contribution in [3.05, 3.63) is 0 Å². The lowest BCUT2D eigenvalue weighted by molar-refractivity contribution is -0.131. The van der Waals surface area contributed by atoms with Crippen molar-refractivity contribution in [2.75, 3.05) is 19.8 Å². The van der Waals surface area contributed by atoms with E-state index in [0.717, 1.165) is 12.8 Å². The van der Waals surface area contributed by atoms with Crippen LogP contribution in [0.15, 0.2) is 0 Å². The highest BCUT2D eigenvalue weighted by Gasteiger charge is 2.42. The van der Waals surface area contributed by atoms with Gasteiger partial charge in [0.2, 0.25) is 11.8 Å². The summed E-state index contributed by atoms with van der Waals surface area (Å²) in [6, 6.07) is -1.40. The van der Waals surface area contributed by atoms with Crippen molar-refractivity contribution < 1.29 is 29.0 Å². The summed E-state index contributed by atoms with van der Waals surface area (Å²) >= 11 is 0. The number of fused-ring (bicyclic) bond motifs is 1. The predicted molar refractivity (Wildman–Crippen MR) is 108 cm³/mol. The fraction of sp³-hybridized carbons (Fsp3) is 0.857. The van der Waals surface area contributed by atoms with Gasteiger partial charge >= 0.3 is 0 Å². The van der Waals surface area contributed by atoms with Crippen molar-refractivity contribution in [3.63, 3.8) is 0 Å². The molecule has 7 atom stereocenters. The molecule has 0 aromatic carbocycles. The molecule has 0 bridgehead atoms. The maximum atomic E-state index is 12.9. The highest BCUT2D eigenvalue weighted by Crippen LogP contribution is 2.37.